The van der Waals surface area contributed by atoms with E-state index in [4.69, 9.17) is 4.74 Å². The minimum Gasteiger partial charge on any atom is -0.496 e. The summed E-state index contributed by atoms with van der Waals surface area (Å²) in [7, 11) is -2.56. The number of para-hydroxylation sites is 1. The lowest BCUT2D eigenvalue weighted by atomic mass is 10.1. The largest absolute Gasteiger partial charge is 0.496 e. The van der Waals surface area contributed by atoms with Gasteiger partial charge in [-0.15, -0.1) is 0 Å². The van der Waals surface area contributed by atoms with Gasteiger partial charge in [-0.1, -0.05) is 24.3 Å². The Kier molecular flexibility index (Phi) is 7.45. The van der Waals surface area contributed by atoms with Crippen molar-refractivity contribution in [2.75, 3.05) is 38.0 Å². The van der Waals surface area contributed by atoms with Crippen LogP contribution < -0.4 is 9.46 Å². The average molecular weight is 553 g/mol. The van der Waals surface area contributed by atoms with Crippen molar-refractivity contribution in [1.29, 1.82) is 0 Å². The summed E-state index contributed by atoms with van der Waals surface area (Å²) in [5.74, 6) is -1.24. The number of hydrogen-bond donors (Lipinski definition) is 1. The molecule has 0 atom stereocenters. The number of fused-ring (bicyclic) bond motifs is 1. The number of anilines is 1. The van der Waals surface area contributed by atoms with Crippen molar-refractivity contribution in [2.45, 2.75) is 11.4 Å². The summed E-state index contributed by atoms with van der Waals surface area (Å²) in [5.41, 5.74) is 1.29. The van der Waals surface area contributed by atoms with E-state index in [2.05, 4.69) is 9.71 Å². The smallest absolute Gasteiger partial charge is 0.264 e. The van der Waals surface area contributed by atoms with Gasteiger partial charge in [0.05, 0.1) is 23.9 Å². The number of hydrogen-bond acceptors (Lipinski definition) is 6. The standard InChI is InChI=1S/C28H26F2N4O4S/c1-38-25-17-22(32-39(36,37)26-6-2-4-19-5-3-11-31-27(19)26)9-10-23(25)28(35)34-14-12-33(13-15-34)18-20-7-8-21(29)16-24(20)30/h2-11,16-17,32H,12-15,18H2,1H3. The van der Waals surface area contributed by atoms with Crippen LogP contribution >= 0.6 is 0 Å². The second-order valence-electron chi connectivity index (χ2n) is 9.16. The molecule has 202 valence electrons. The SMILES string of the molecule is COc1cc(NS(=O)(=O)c2cccc3cccnc23)ccc1C(=O)N1CCN(Cc2ccc(F)cc2F)CC1. The predicted molar refractivity (Wildman–Crippen MR) is 143 cm³/mol. The van der Waals surface area contributed by atoms with E-state index in [0.29, 0.717) is 54.8 Å². The molecule has 0 saturated carbocycles. The van der Waals surface area contributed by atoms with Gasteiger partial charge in [-0.25, -0.2) is 17.2 Å². The normalized spacial score (nSPS) is 14.4. The van der Waals surface area contributed by atoms with Crippen LogP contribution in [0.1, 0.15) is 15.9 Å². The number of nitrogens with one attached hydrogen (secondary N) is 1. The summed E-state index contributed by atoms with van der Waals surface area (Å²) in [6.45, 7) is 2.17. The molecule has 4 aromatic rings. The Balaban J connectivity index is 1.28. The van der Waals surface area contributed by atoms with Gasteiger partial charge < -0.3 is 9.64 Å². The maximum absolute atomic E-state index is 14.0. The lowest BCUT2D eigenvalue weighted by Gasteiger charge is -2.35. The summed E-state index contributed by atoms with van der Waals surface area (Å²) >= 11 is 0. The first-order valence-corrected chi connectivity index (χ1v) is 13.7. The van der Waals surface area contributed by atoms with Crippen LogP contribution in [0.3, 0.4) is 0 Å². The highest BCUT2D eigenvalue weighted by Gasteiger charge is 2.26. The second-order valence-corrected chi connectivity index (χ2v) is 10.8. The van der Waals surface area contributed by atoms with Gasteiger partial charge in [0, 0.05) is 62.0 Å². The van der Waals surface area contributed by atoms with E-state index in [9.17, 15) is 22.0 Å². The van der Waals surface area contributed by atoms with Crippen LogP contribution in [0.4, 0.5) is 14.5 Å². The lowest BCUT2D eigenvalue weighted by molar-refractivity contribution is 0.0624. The number of amides is 1. The fourth-order valence-corrected chi connectivity index (χ4v) is 5.83. The molecular weight excluding hydrogens is 526 g/mol. The molecule has 0 aliphatic carbocycles. The number of carbonyl (C=O) groups excluding carboxylic acids is 1. The second kappa shape index (κ2) is 11.0. The fourth-order valence-electron chi connectivity index (χ4n) is 4.60. The molecule has 1 aromatic heterocycles. The van der Waals surface area contributed by atoms with E-state index in [1.54, 1.807) is 29.2 Å². The van der Waals surface area contributed by atoms with Crippen molar-refractivity contribution in [3.8, 4) is 5.75 Å². The molecule has 3 aromatic carbocycles. The van der Waals surface area contributed by atoms with Crippen molar-refractivity contribution >= 4 is 32.5 Å². The molecule has 39 heavy (non-hydrogen) atoms. The molecule has 8 nitrogen and oxygen atoms in total. The molecule has 1 N–H and O–H groups in total. The molecule has 11 heteroatoms. The van der Waals surface area contributed by atoms with Gasteiger partial charge in [0.1, 0.15) is 22.3 Å². The topological polar surface area (TPSA) is 91.8 Å². The molecule has 2 heterocycles. The highest BCUT2D eigenvalue weighted by atomic mass is 32.2. The van der Waals surface area contributed by atoms with Gasteiger partial charge in [0.15, 0.2) is 0 Å². The molecule has 0 radical (unpaired) electrons. The van der Waals surface area contributed by atoms with Gasteiger partial charge in [-0.05, 0) is 30.3 Å². The Hall–Kier alpha value is -4.09. The quantitative estimate of drug-likeness (QED) is 0.368. The molecule has 1 fully saturated rings. The minimum absolute atomic E-state index is 0.0399. The zero-order valence-corrected chi connectivity index (χ0v) is 21.9. The lowest BCUT2D eigenvalue weighted by Crippen LogP contribution is -2.48. The van der Waals surface area contributed by atoms with Crippen LogP contribution in [-0.2, 0) is 16.6 Å². The highest BCUT2D eigenvalue weighted by Crippen LogP contribution is 2.28. The van der Waals surface area contributed by atoms with Crippen molar-refractivity contribution in [3.63, 3.8) is 0 Å². The summed E-state index contributed by atoms with van der Waals surface area (Å²) in [5, 5.41) is 0.696. The summed E-state index contributed by atoms with van der Waals surface area (Å²) < 4.78 is 61.5. The number of halogens is 2. The summed E-state index contributed by atoms with van der Waals surface area (Å²) in [6.07, 6.45) is 1.53. The van der Waals surface area contributed by atoms with Crippen LogP contribution in [0, 0.1) is 11.6 Å². The van der Waals surface area contributed by atoms with Gasteiger partial charge >= 0.3 is 0 Å². The van der Waals surface area contributed by atoms with E-state index >= 15 is 0 Å². The van der Waals surface area contributed by atoms with Crippen LogP contribution in [0.15, 0.2) is 77.8 Å². The first-order chi connectivity index (χ1) is 18.7. The Morgan fingerprint density at radius 1 is 1.00 bits per heavy atom. The summed E-state index contributed by atoms with van der Waals surface area (Å²) in [4.78, 5) is 21.2. The average Bonchev–Trinajstić information content (AvgIpc) is 2.94. The Bertz CT molecular complexity index is 1630. The molecule has 1 aliphatic rings. The number of ether oxygens (including phenoxy) is 1. The third-order valence-electron chi connectivity index (χ3n) is 6.64. The monoisotopic (exact) mass is 552 g/mol. The zero-order chi connectivity index (χ0) is 27.6. The van der Waals surface area contributed by atoms with Crippen LogP contribution in [0.25, 0.3) is 10.9 Å². The molecule has 1 saturated heterocycles. The molecular formula is C28H26F2N4O4S. The van der Waals surface area contributed by atoms with E-state index < -0.39 is 21.7 Å². The van der Waals surface area contributed by atoms with E-state index in [1.165, 1.54) is 49.7 Å². The Morgan fingerprint density at radius 2 is 1.77 bits per heavy atom. The number of piperazine rings is 1. The zero-order valence-electron chi connectivity index (χ0n) is 21.1. The van der Waals surface area contributed by atoms with Gasteiger partial charge in [-0.2, -0.15) is 0 Å². The number of aromatic nitrogens is 1. The third-order valence-corrected chi connectivity index (χ3v) is 8.05. The maximum atomic E-state index is 14.0. The van der Waals surface area contributed by atoms with Crippen LogP contribution in [0.2, 0.25) is 0 Å². The molecule has 5 rings (SSSR count). The third kappa shape index (κ3) is 5.69. The van der Waals surface area contributed by atoms with E-state index in [1.807, 2.05) is 4.90 Å². The number of rotatable bonds is 7. The predicted octanol–water partition coefficient (Wildman–Crippen LogP) is 4.28. The number of carbonyl (C=O) groups is 1. The number of sulfonamides is 1. The van der Waals surface area contributed by atoms with Crippen molar-refractivity contribution in [1.82, 2.24) is 14.8 Å². The maximum Gasteiger partial charge on any atom is 0.264 e. The highest BCUT2D eigenvalue weighted by molar-refractivity contribution is 7.93. The van der Waals surface area contributed by atoms with Gasteiger partial charge in [-0.3, -0.25) is 19.4 Å². The Morgan fingerprint density at radius 3 is 2.51 bits per heavy atom. The minimum atomic E-state index is -3.97. The molecule has 0 bridgehead atoms. The molecule has 0 spiro atoms. The number of nitrogens with zero attached hydrogens (tertiary/aromatic N) is 3. The molecule has 1 aliphatic heterocycles. The number of pyridine rings is 1. The Labute approximate surface area is 224 Å². The number of methoxy groups -OCH3 is 1. The van der Waals surface area contributed by atoms with Crippen LogP contribution in [0.5, 0.6) is 5.75 Å². The fraction of sp³-hybridized carbons (Fsp3) is 0.214. The molecule has 1 amide bonds. The molecule has 0 unspecified atom stereocenters. The van der Waals surface area contributed by atoms with E-state index in [-0.39, 0.29) is 22.2 Å². The van der Waals surface area contributed by atoms with Crippen molar-refractivity contribution in [3.05, 3.63) is 95.7 Å². The van der Waals surface area contributed by atoms with Crippen molar-refractivity contribution in [2.24, 2.45) is 0 Å². The van der Waals surface area contributed by atoms with Gasteiger partial charge in [0.2, 0.25) is 0 Å². The first-order valence-electron chi connectivity index (χ1n) is 12.3. The first kappa shape index (κ1) is 26.5. The van der Waals surface area contributed by atoms with E-state index in [0.717, 1.165) is 6.07 Å². The van der Waals surface area contributed by atoms with Crippen LogP contribution in [-0.4, -0.2) is 62.4 Å². The van der Waals surface area contributed by atoms with Crippen molar-refractivity contribution < 1.29 is 26.7 Å². The number of benzene rings is 3. The summed E-state index contributed by atoms with van der Waals surface area (Å²) in [6, 6.07) is 16.5. The van der Waals surface area contributed by atoms with Gasteiger partial charge in [0.25, 0.3) is 15.9 Å².